The van der Waals surface area contributed by atoms with E-state index in [1.54, 1.807) is 28.8 Å². The van der Waals surface area contributed by atoms with Gasteiger partial charge in [0.15, 0.2) is 0 Å². The molecule has 0 aliphatic heterocycles. The molecule has 0 unspecified atom stereocenters. The number of rotatable bonds is 5. The van der Waals surface area contributed by atoms with Crippen molar-refractivity contribution in [3.63, 3.8) is 0 Å². The number of nitrogens with two attached hydrogens (primary N) is 2. The number of amidine groups is 1. The van der Waals surface area contributed by atoms with Crippen molar-refractivity contribution >= 4 is 22.6 Å². The van der Waals surface area contributed by atoms with Crippen LogP contribution in [-0.4, -0.2) is 28.4 Å². The Balaban J connectivity index is 1.69. The summed E-state index contributed by atoms with van der Waals surface area (Å²) >= 11 is 0. The van der Waals surface area contributed by atoms with Crippen LogP contribution in [0.3, 0.4) is 0 Å². The van der Waals surface area contributed by atoms with Gasteiger partial charge >= 0.3 is 6.18 Å². The van der Waals surface area contributed by atoms with Crippen molar-refractivity contribution in [2.24, 2.45) is 11.5 Å². The van der Waals surface area contributed by atoms with E-state index in [0.29, 0.717) is 22.3 Å². The maximum absolute atomic E-state index is 13.2. The number of nitrogens with zero attached hydrogens (tertiary/aromatic N) is 1. The Kier molecular flexibility index (Phi) is 6.16. The summed E-state index contributed by atoms with van der Waals surface area (Å²) < 4.78 is 40.6. The largest absolute Gasteiger partial charge is 0.416 e. The van der Waals surface area contributed by atoms with Gasteiger partial charge in [0.05, 0.1) is 5.56 Å². The molecule has 6 N–H and O–H groups in total. The molecule has 1 aliphatic rings. The summed E-state index contributed by atoms with van der Waals surface area (Å²) in [5.74, 6) is -0.355. The number of hydrogen-bond acceptors (Lipinski definition) is 3. The first-order chi connectivity index (χ1) is 15.6. The van der Waals surface area contributed by atoms with Gasteiger partial charge in [0.2, 0.25) is 0 Å². The second-order valence-electron chi connectivity index (χ2n) is 8.58. The zero-order valence-corrected chi connectivity index (χ0v) is 18.0. The molecule has 6 nitrogen and oxygen atoms in total. The number of benzene rings is 2. The Morgan fingerprint density at radius 2 is 1.73 bits per heavy atom. The number of halogens is 3. The predicted octanol–water partition coefficient (Wildman–Crippen LogP) is 3.99. The fourth-order valence-corrected chi connectivity index (χ4v) is 4.29. The van der Waals surface area contributed by atoms with Crippen molar-refractivity contribution in [3.05, 3.63) is 70.9 Å². The van der Waals surface area contributed by atoms with Gasteiger partial charge in [0.25, 0.3) is 5.91 Å². The molecule has 0 saturated heterocycles. The van der Waals surface area contributed by atoms with Crippen molar-refractivity contribution in [1.82, 2.24) is 9.88 Å². The molecule has 2 aromatic carbocycles. The summed E-state index contributed by atoms with van der Waals surface area (Å²) in [6.45, 7) is 0.196. The number of alkyl halides is 3. The van der Waals surface area contributed by atoms with E-state index in [1.165, 1.54) is 12.1 Å². The second kappa shape index (κ2) is 8.90. The van der Waals surface area contributed by atoms with Gasteiger partial charge in [0.1, 0.15) is 11.5 Å². The van der Waals surface area contributed by atoms with E-state index in [2.05, 4.69) is 5.32 Å². The summed E-state index contributed by atoms with van der Waals surface area (Å²) in [6.07, 6.45) is -1.10. The number of nitrogens with one attached hydrogen (secondary N) is 2. The van der Waals surface area contributed by atoms with E-state index in [1.807, 2.05) is 0 Å². The third kappa shape index (κ3) is 5.03. The summed E-state index contributed by atoms with van der Waals surface area (Å²) in [6, 6.07) is 12.0. The first kappa shape index (κ1) is 22.8. The predicted molar refractivity (Wildman–Crippen MR) is 121 cm³/mol. The number of amides is 1. The van der Waals surface area contributed by atoms with Crippen molar-refractivity contribution in [3.8, 4) is 0 Å². The van der Waals surface area contributed by atoms with Crippen LogP contribution >= 0.6 is 0 Å². The van der Waals surface area contributed by atoms with Crippen LogP contribution in [0.25, 0.3) is 10.9 Å². The Labute approximate surface area is 189 Å². The van der Waals surface area contributed by atoms with E-state index in [-0.39, 0.29) is 30.4 Å². The number of hydrogen-bond donors (Lipinski definition) is 4. The quantitative estimate of drug-likeness (QED) is 0.343. The monoisotopic (exact) mass is 457 g/mol. The molecule has 174 valence electrons. The minimum absolute atomic E-state index is 0.0302. The highest BCUT2D eigenvalue weighted by molar-refractivity contribution is 6.02. The second-order valence-corrected chi connectivity index (χ2v) is 8.58. The van der Waals surface area contributed by atoms with Gasteiger partial charge in [-0.25, -0.2) is 0 Å². The molecular formula is C24H26F3N5O. The molecule has 3 aromatic rings. The Hall–Kier alpha value is -3.33. The van der Waals surface area contributed by atoms with Crippen LogP contribution in [0.2, 0.25) is 0 Å². The molecule has 0 radical (unpaired) electrons. The summed E-state index contributed by atoms with van der Waals surface area (Å²) in [5.41, 5.74) is 13.1. The minimum atomic E-state index is -4.41. The van der Waals surface area contributed by atoms with E-state index < -0.39 is 11.7 Å². The Morgan fingerprint density at radius 1 is 1.06 bits per heavy atom. The molecule has 0 bridgehead atoms. The third-order valence-electron chi connectivity index (χ3n) is 6.18. The molecule has 1 fully saturated rings. The van der Waals surface area contributed by atoms with Gasteiger partial charge in [-0.05, 0) is 55.5 Å². The van der Waals surface area contributed by atoms with Crippen LogP contribution in [0.4, 0.5) is 13.2 Å². The van der Waals surface area contributed by atoms with Crippen molar-refractivity contribution in [2.45, 2.75) is 50.5 Å². The average Bonchev–Trinajstić information content (AvgIpc) is 3.13. The van der Waals surface area contributed by atoms with E-state index in [9.17, 15) is 18.0 Å². The lowest BCUT2D eigenvalue weighted by molar-refractivity contribution is -0.137. The fourth-order valence-electron chi connectivity index (χ4n) is 4.29. The topological polar surface area (TPSA) is 110 Å². The molecule has 1 amide bonds. The molecule has 33 heavy (non-hydrogen) atoms. The normalized spacial score (nSPS) is 18.9. The van der Waals surface area contributed by atoms with Crippen LogP contribution in [0, 0.1) is 5.41 Å². The lowest BCUT2D eigenvalue weighted by atomic mass is 9.92. The summed E-state index contributed by atoms with van der Waals surface area (Å²) in [5, 5.41) is 11.6. The highest BCUT2D eigenvalue weighted by atomic mass is 19.4. The molecular weight excluding hydrogens is 431 g/mol. The first-order valence-corrected chi connectivity index (χ1v) is 10.8. The molecule has 9 heteroatoms. The molecule has 0 spiro atoms. The molecule has 1 aromatic heterocycles. The van der Waals surface area contributed by atoms with Gasteiger partial charge in [0, 0.05) is 35.1 Å². The lowest BCUT2D eigenvalue weighted by Gasteiger charge is -2.27. The molecule has 1 saturated carbocycles. The average molecular weight is 458 g/mol. The third-order valence-corrected chi connectivity index (χ3v) is 6.18. The number of nitrogen functional groups attached to an aromatic ring is 1. The maximum Gasteiger partial charge on any atom is 0.416 e. The van der Waals surface area contributed by atoms with Crippen LogP contribution in [0.5, 0.6) is 0 Å². The molecule has 1 aliphatic carbocycles. The zero-order chi connectivity index (χ0) is 23.8. The smallest absolute Gasteiger partial charge is 0.384 e. The number of aromatic nitrogens is 1. The maximum atomic E-state index is 13.2. The van der Waals surface area contributed by atoms with Crippen LogP contribution in [-0.2, 0) is 12.7 Å². The van der Waals surface area contributed by atoms with Gasteiger partial charge in [-0.3, -0.25) is 10.2 Å². The summed E-state index contributed by atoms with van der Waals surface area (Å²) in [4.78, 5) is 13.2. The van der Waals surface area contributed by atoms with E-state index in [4.69, 9.17) is 16.9 Å². The Bertz CT molecular complexity index is 1180. The number of carbonyl (C=O) groups is 1. The van der Waals surface area contributed by atoms with Crippen LogP contribution < -0.4 is 16.8 Å². The molecule has 0 atom stereocenters. The van der Waals surface area contributed by atoms with Crippen molar-refractivity contribution in [2.75, 3.05) is 0 Å². The first-order valence-electron chi connectivity index (χ1n) is 10.8. The molecule has 4 rings (SSSR count). The minimum Gasteiger partial charge on any atom is -0.384 e. The van der Waals surface area contributed by atoms with Gasteiger partial charge in [-0.2, -0.15) is 13.2 Å². The van der Waals surface area contributed by atoms with E-state index in [0.717, 1.165) is 43.2 Å². The van der Waals surface area contributed by atoms with Gasteiger partial charge in [-0.15, -0.1) is 0 Å². The van der Waals surface area contributed by atoms with Gasteiger partial charge < -0.3 is 21.4 Å². The number of carbonyl (C=O) groups excluding carboxylic acids is 1. The standard InChI is InChI=1S/C24H26F3N5O/c25-24(26,27)17-5-1-14(2-6-17)13-32-20-12-16(22(29)30)4-3-15(20)11-21(32)23(33)31-19-9-7-18(28)8-10-19/h1-6,11-12,18-19H,7-10,13,28H2,(H3,29,30)(H,31,33)/t18-,19-. The fraction of sp³-hybridized carbons (Fsp3) is 0.333. The number of fused-ring (bicyclic) bond motifs is 1. The molecule has 1 heterocycles. The zero-order valence-electron chi connectivity index (χ0n) is 18.0. The van der Waals surface area contributed by atoms with Crippen LogP contribution in [0.15, 0.2) is 48.5 Å². The van der Waals surface area contributed by atoms with Gasteiger partial charge in [-0.1, -0.05) is 24.3 Å². The highest BCUT2D eigenvalue weighted by Crippen LogP contribution is 2.30. The summed E-state index contributed by atoms with van der Waals surface area (Å²) in [7, 11) is 0. The van der Waals surface area contributed by atoms with Crippen molar-refractivity contribution in [1.29, 1.82) is 5.41 Å². The van der Waals surface area contributed by atoms with Crippen LogP contribution in [0.1, 0.15) is 52.9 Å². The SMILES string of the molecule is N=C(N)c1ccc2cc(C(=O)N[C@H]3CC[C@H](N)CC3)n(Cc3ccc(C(F)(F)F)cc3)c2c1. The lowest BCUT2D eigenvalue weighted by Crippen LogP contribution is -2.41. The van der Waals surface area contributed by atoms with E-state index >= 15 is 0 Å². The Morgan fingerprint density at radius 3 is 2.33 bits per heavy atom. The van der Waals surface area contributed by atoms with Crippen molar-refractivity contribution < 1.29 is 18.0 Å². The highest BCUT2D eigenvalue weighted by Gasteiger charge is 2.30.